The van der Waals surface area contributed by atoms with Crippen molar-refractivity contribution in [3.8, 4) is 17.6 Å². The number of halogens is 1. The Balaban J connectivity index is 2.36. The van der Waals surface area contributed by atoms with Gasteiger partial charge in [0.1, 0.15) is 17.5 Å². The Morgan fingerprint density at radius 1 is 1.15 bits per heavy atom. The Morgan fingerprint density at radius 2 is 1.92 bits per heavy atom. The minimum absolute atomic E-state index is 0.131. The third kappa shape index (κ3) is 4.70. The van der Waals surface area contributed by atoms with Crippen molar-refractivity contribution >= 4 is 11.9 Å². The number of allylic oxidation sites excluding steroid dienone is 1. The summed E-state index contributed by atoms with van der Waals surface area (Å²) in [5, 5.41) is 9.34. The van der Waals surface area contributed by atoms with Crippen LogP contribution in [0, 0.1) is 17.1 Å². The molecule has 0 saturated heterocycles. The molecule has 0 radical (unpaired) electrons. The van der Waals surface area contributed by atoms with Crippen molar-refractivity contribution in [3.05, 3.63) is 65.0 Å². The van der Waals surface area contributed by atoms with Crippen LogP contribution in [0.2, 0.25) is 0 Å². The van der Waals surface area contributed by atoms with Gasteiger partial charge in [-0.1, -0.05) is 25.1 Å². The largest absolute Gasteiger partial charge is 0.490 e. The van der Waals surface area contributed by atoms with E-state index in [0.717, 1.165) is 6.42 Å². The van der Waals surface area contributed by atoms with Gasteiger partial charge in [0.15, 0.2) is 11.5 Å². The smallest absolute Gasteiger partial charge is 0.206 e. The van der Waals surface area contributed by atoms with E-state index in [9.17, 15) is 14.4 Å². The second-order valence-electron chi connectivity index (χ2n) is 5.47. The van der Waals surface area contributed by atoms with Crippen LogP contribution in [-0.2, 0) is 0 Å². The molecular formula is C21H20FNO3. The molecule has 134 valence electrons. The normalized spacial score (nSPS) is 10.9. The van der Waals surface area contributed by atoms with E-state index >= 15 is 0 Å². The highest BCUT2D eigenvalue weighted by Gasteiger charge is 2.16. The number of benzene rings is 2. The minimum atomic E-state index is -0.658. The number of carbonyl (C=O) groups is 1. The summed E-state index contributed by atoms with van der Waals surface area (Å²) in [6, 6.07) is 12.6. The molecule has 5 heteroatoms. The number of hydrogen-bond acceptors (Lipinski definition) is 4. The molecule has 0 aliphatic carbocycles. The van der Waals surface area contributed by atoms with Gasteiger partial charge in [0.05, 0.1) is 18.8 Å². The van der Waals surface area contributed by atoms with Crippen molar-refractivity contribution in [2.75, 3.05) is 13.2 Å². The lowest BCUT2D eigenvalue weighted by atomic mass is 10.0. The van der Waals surface area contributed by atoms with Crippen LogP contribution in [0.15, 0.2) is 48.0 Å². The first-order chi connectivity index (χ1) is 12.6. The Hall–Kier alpha value is -3.13. The lowest BCUT2D eigenvalue weighted by Crippen LogP contribution is -2.05. The Bertz CT molecular complexity index is 853. The second-order valence-corrected chi connectivity index (χ2v) is 5.47. The Morgan fingerprint density at radius 3 is 2.58 bits per heavy atom. The van der Waals surface area contributed by atoms with Crippen LogP contribution in [0.1, 0.15) is 36.2 Å². The Kier molecular flexibility index (Phi) is 6.92. The van der Waals surface area contributed by atoms with E-state index < -0.39 is 11.6 Å². The molecule has 0 unspecified atom stereocenters. The monoisotopic (exact) mass is 353 g/mol. The van der Waals surface area contributed by atoms with Gasteiger partial charge in [-0.25, -0.2) is 4.39 Å². The molecule has 26 heavy (non-hydrogen) atoms. The number of ether oxygens (including phenoxy) is 2. The quantitative estimate of drug-likeness (QED) is 0.388. The van der Waals surface area contributed by atoms with Gasteiger partial charge in [-0.2, -0.15) is 5.26 Å². The SMILES string of the molecule is CCCOc1ccc(/C=C(\C#N)C(=O)c2ccccc2F)cc1OCC. The fourth-order valence-electron chi connectivity index (χ4n) is 2.32. The fraction of sp³-hybridized carbons (Fsp3) is 0.238. The van der Waals surface area contributed by atoms with Crippen molar-refractivity contribution in [2.45, 2.75) is 20.3 Å². The molecule has 0 amide bonds. The molecule has 0 saturated carbocycles. The van der Waals surface area contributed by atoms with Gasteiger partial charge in [0, 0.05) is 0 Å². The van der Waals surface area contributed by atoms with E-state index in [2.05, 4.69) is 0 Å². The first-order valence-electron chi connectivity index (χ1n) is 8.41. The maximum absolute atomic E-state index is 13.8. The highest BCUT2D eigenvalue weighted by Crippen LogP contribution is 2.30. The van der Waals surface area contributed by atoms with E-state index in [1.807, 2.05) is 19.9 Å². The number of ketones is 1. The van der Waals surface area contributed by atoms with Crippen LogP contribution in [0.3, 0.4) is 0 Å². The van der Waals surface area contributed by atoms with Crippen LogP contribution >= 0.6 is 0 Å². The number of Topliss-reactive ketones (excluding diaryl/α,β-unsaturated/α-hetero) is 1. The molecule has 4 nitrogen and oxygen atoms in total. The van der Waals surface area contributed by atoms with Gasteiger partial charge in [-0.15, -0.1) is 0 Å². The number of hydrogen-bond donors (Lipinski definition) is 0. The molecule has 0 aliphatic heterocycles. The number of carbonyl (C=O) groups excluding carboxylic acids is 1. The average Bonchev–Trinajstić information content (AvgIpc) is 2.65. The van der Waals surface area contributed by atoms with Gasteiger partial charge in [0.2, 0.25) is 5.78 Å². The summed E-state index contributed by atoms with van der Waals surface area (Å²) >= 11 is 0. The van der Waals surface area contributed by atoms with E-state index in [0.29, 0.717) is 30.3 Å². The minimum Gasteiger partial charge on any atom is -0.490 e. The molecule has 2 aromatic carbocycles. The standard InChI is InChI=1S/C21H20FNO3/c1-3-11-26-19-10-9-15(13-20(19)25-4-2)12-16(14-23)21(24)17-7-5-6-8-18(17)22/h5-10,12-13H,3-4,11H2,1-2H3/b16-12+. The van der Waals surface area contributed by atoms with Gasteiger partial charge in [-0.3, -0.25) is 4.79 Å². The molecule has 0 fully saturated rings. The van der Waals surface area contributed by atoms with Crippen LogP contribution in [-0.4, -0.2) is 19.0 Å². The van der Waals surface area contributed by atoms with Crippen molar-refractivity contribution in [3.63, 3.8) is 0 Å². The summed E-state index contributed by atoms with van der Waals surface area (Å²) in [5.41, 5.74) is 0.312. The topological polar surface area (TPSA) is 59.3 Å². The van der Waals surface area contributed by atoms with Gasteiger partial charge >= 0.3 is 0 Å². The third-order valence-corrected chi connectivity index (χ3v) is 3.52. The summed E-state index contributed by atoms with van der Waals surface area (Å²) in [4.78, 5) is 12.4. The molecule has 0 heterocycles. The predicted molar refractivity (Wildman–Crippen MR) is 97.7 cm³/mol. The molecule has 2 rings (SSSR count). The molecule has 0 aromatic heterocycles. The number of rotatable bonds is 8. The summed E-state index contributed by atoms with van der Waals surface area (Å²) in [7, 11) is 0. The van der Waals surface area contributed by atoms with Crippen LogP contribution in [0.5, 0.6) is 11.5 Å². The fourth-order valence-corrected chi connectivity index (χ4v) is 2.32. The van der Waals surface area contributed by atoms with Gasteiger partial charge in [0.25, 0.3) is 0 Å². The Labute approximate surface area is 152 Å². The molecule has 0 spiro atoms. The molecule has 0 N–H and O–H groups in total. The zero-order valence-corrected chi connectivity index (χ0v) is 14.8. The average molecular weight is 353 g/mol. The van der Waals surface area contributed by atoms with E-state index in [-0.39, 0.29) is 11.1 Å². The lowest BCUT2D eigenvalue weighted by Gasteiger charge is -2.12. The van der Waals surface area contributed by atoms with Crippen LogP contribution in [0.4, 0.5) is 4.39 Å². The van der Waals surface area contributed by atoms with Crippen molar-refractivity contribution < 1.29 is 18.7 Å². The third-order valence-electron chi connectivity index (χ3n) is 3.52. The van der Waals surface area contributed by atoms with E-state index in [1.54, 1.807) is 24.3 Å². The molecule has 0 atom stereocenters. The van der Waals surface area contributed by atoms with E-state index in [4.69, 9.17) is 9.47 Å². The van der Waals surface area contributed by atoms with Crippen molar-refractivity contribution in [1.82, 2.24) is 0 Å². The van der Waals surface area contributed by atoms with E-state index in [1.165, 1.54) is 24.3 Å². The van der Waals surface area contributed by atoms with Crippen molar-refractivity contribution in [1.29, 1.82) is 5.26 Å². The zero-order valence-electron chi connectivity index (χ0n) is 14.8. The van der Waals surface area contributed by atoms with Crippen LogP contribution in [0.25, 0.3) is 6.08 Å². The maximum Gasteiger partial charge on any atom is 0.206 e. The molecule has 2 aromatic rings. The van der Waals surface area contributed by atoms with Gasteiger partial charge < -0.3 is 9.47 Å². The van der Waals surface area contributed by atoms with Gasteiger partial charge in [-0.05, 0) is 49.2 Å². The maximum atomic E-state index is 13.8. The second kappa shape index (κ2) is 9.38. The lowest BCUT2D eigenvalue weighted by molar-refractivity contribution is 0.103. The highest BCUT2D eigenvalue weighted by atomic mass is 19.1. The number of nitrogens with zero attached hydrogens (tertiary/aromatic N) is 1. The predicted octanol–water partition coefficient (Wildman–Crippen LogP) is 4.80. The molecular weight excluding hydrogens is 333 g/mol. The first-order valence-corrected chi connectivity index (χ1v) is 8.41. The van der Waals surface area contributed by atoms with Crippen LogP contribution < -0.4 is 9.47 Å². The van der Waals surface area contributed by atoms with Crippen molar-refractivity contribution in [2.24, 2.45) is 0 Å². The first kappa shape index (κ1) is 19.2. The highest BCUT2D eigenvalue weighted by molar-refractivity contribution is 6.14. The summed E-state index contributed by atoms with van der Waals surface area (Å²) in [5.74, 6) is -0.179. The summed E-state index contributed by atoms with van der Waals surface area (Å²) in [6.07, 6.45) is 2.28. The summed E-state index contributed by atoms with van der Waals surface area (Å²) in [6.45, 7) is 4.87. The summed E-state index contributed by atoms with van der Waals surface area (Å²) < 4.78 is 25.0. The molecule has 0 bridgehead atoms. The zero-order chi connectivity index (χ0) is 18.9. The molecule has 0 aliphatic rings. The number of nitriles is 1.